The largest absolute Gasteiger partial charge is 0.486 e. The number of carbonyl (C=O) groups is 3. The second kappa shape index (κ2) is 6.20. The number of amides is 2. The number of hydrogen-bond donors (Lipinski definition) is 0. The normalized spacial score (nSPS) is 14.9. The molecule has 0 aliphatic carbocycles. The van der Waals surface area contributed by atoms with E-state index in [0.717, 1.165) is 17.0 Å². The molecule has 0 unspecified atom stereocenters. The molecule has 9 heteroatoms. The lowest BCUT2D eigenvalue weighted by Gasteiger charge is -2.19. The van der Waals surface area contributed by atoms with E-state index in [1.54, 1.807) is 6.07 Å². The zero-order chi connectivity index (χ0) is 19.1. The van der Waals surface area contributed by atoms with Crippen LogP contribution in [-0.2, 0) is 0 Å². The molecule has 27 heavy (non-hydrogen) atoms. The van der Waals surface area contributed by atoms with E-state index in [4.69, 9.17) is 9.47 Å². The van der Waals surface area contributed by atoms with E-state index in [-0.39, 0.29) is 22.4 Å². The van der Waals surface area contributed by atoms with Crippen molar-refractivity contribution >= 4 is 23.3 Å². The number of imide groups is 1. The Bertz CT molecular complexity index is 1010. The summed E-state index contributed by atoms with van der Waals surface area (Å²) in [5, 5.41) is 10.9. The lowest BCUT2D eigenvalue weighted by Crippen LogP contribution is -2.35. The molecule has 0 aromatic heterocycles. The Morgan fingerprint density at radius 2 is 1.70 bits per heavy atom. The van der Waals surface area contributed by atoms with Crippen LogP contribution in [0.2, 0.25) is 0 Å². The number of non-ortho nitro benzene ring substituents is 1. The molecule has 0 saturated heterocycles. The van der Waals surface area contributed by atoms with Crippen molar-refractivity contribution in [2.45, 2.75) is 0 Å². The van der Waals surface area contributed by atoms with Crippen LogP contribution >= 0.6 is 0 Å². The van der Waals surface area contributed by atoms with E-state index in [1.807, 2.05) is 0 Å². The fourth-order valence-electron chi connectivity index (χ4n) is 2.99. The highest BCUT2D eigenvalue weighted by atomic mass is 16.6. The van der Waals surface area contributed by atoms with Gasteiger partial charge in [0, 0.05) is 17.7 Å². The van der Waals surface area contributed by atoms with E-state index in [9.17, 15) is 24.5 Å². The van der Waals surface area contributed by atoms with E-state index < -0.39 is 29.1 Å². The summed E-state index contributed by atoms with van der Waals surface area (Å²) in [6.07, 6.45) is 0. The van der Waals surface area contributed by atoms with Crippen LogP contribution in [0.4, 0.5) is 5.69 Å². The molecule has 2 aromatic carbocycles. The van der Waals surface area contributed by atoms with Crippen molar-refractivity contribution in [2.75, 3.05) is 19.8 Å². The Hall–Kier alpha value is -3.75. The van der Waals surface area contributed by atoms with E-state index >= 15 is 0 Å². The maximum Gasteiger partial charge on any atom is 0.270 e. The van der Waals surface area contributed by atoms with Crippen LogP contribution in [0.25, 0.3) is 0 Å². The third-order valence-corrected chi connectivity index (χ3v) is 4.33. The number of nitrogens with zero attached hydrogens (tertiary/aromatic N) is 2. The molecule has 2 heterocycles. The van der Waals surface area contributed by atoms with Gasteiger partial charge in [0.15, 0.2) is 17.3 Å². The minimum Gasteiger partial charge on any atom is -0.486 e. The highest BCUT2D eigenvalue weighted by molar-refractivity contribution is 6.23. The van der Waals surface area contributed by atoms with Gasteiger partial charge in [-0.2, -0.15) is 0 Å². The molecule has 0 N–H and O–H groups in total. The number of rotatable bonds is 4. The predicted octanol–water partition coefficient (Wildman–Crippen LogP) is 1.84. The van der Waals surface area contributed by atoms with Crippen molar-refractivity contribution in [3.8, 4) is 11.5 Å². The van der Waals surface area contributed by atoms with Crippen LogP contribution in [0.5, 0.6) is 11.5 Å². The van der Waals surface area contributed by atoms with Gasteiger partial charge in [-0.15, -0.1) is 0 Å². The van der Waals surface area contributed by atoms with Gasteiger partial charge in [0.05, 0.1) is 22.6 Å². The van der Waals surface area contributed by atoms with Crippen molar-refractivity contribution in [1.82, 2.24) is 4.90 Å². The SMILES string of the molecule is O=C(CN1C(=O)c2ccc([N+](=O)[O-])cc2C1=O)c1ccc2c(c1)OCCO2. The fourth-order valence-corrected chi connectivity index (χ4v) is 2.99. The zero-order valence-corrected chi connectivity index (χ0v) is 13.8. The second-order valence-corrected chi connectivity index (χ2v) is 5.97. The summed E-state index contributed by atoms with van der Waals surface area (Å²) >= 11 is 0. The topological polar surface area (TPSA) is 116 Å². The molecule has 9 nitrogen and oxygen atoms in total. The molecule has 0 spiro atoms. The number of fused-ring (bicyclic) bond motifs is 2. The smallest absolute Gasteiger partial charge is 0.270 e. The minimum atomic E-state index is -0.732. The van der Waals surface area contributed by atoms with Crippen LogP contribution < -0.4 is 9.47 Å². The fraction of sp³-hybridized carbons (Fsp3) is 0.167. The van der Waals surface area contributed by atoms with Crippen LogP contribution in [0.3, 0.4) is 0 Å². The van der Waals surface area contributed by atoms with Gasteiger partial charge in [-0.1, -0.05) is 0 Å². The molecular weight excluding hydrogens is 356 g/mol. The molecule has 0 saturated carbocycles. The molecule has 4 rings (SSSR count). The van der Waals surface area contributed by atoms with E-state index in [2.05, 4.69) is 0 Å². The molecule has 2 aromatic rings. The van der Waals surface area contributed by atoms with Crippen molar-refractivity contribution in [3.63, 3.8) is 0 Å². The molecule has 0 fully saturated rings. The molecular formula is C18H12N2O7. The summed E-state index contributed by atoms with van der Waals surface area (Å²) in [6.45, 7) is 0.309. The van der Waals surface area contributed by atoms with E-state index in [1.165, 1.54) is 18.2 Å². The first kappa shape index (κ1) is 16.7. The van der Waals surface area contributed by atoms with Gasteiger partial charge in [0.2, 0.25) is 0 Å². The second-order valence-electron chi connectivity index (χ2n) is 5.97. The first-order chi connectivity index (χ1) is 13.0. The van der Waals surface area contributed by atoms with Gasteiger partial charge >= 0.3 is 0 Å². The summed E-state index contributed by atoms with van der Waals surface area (Å²) < 4.78 is 10.8. The van der Waals surface area contributed by atoms with Crippen LogP contribution in [0, 0.1) is 10.1 Å². The monoisotopic (exact) mass is 368 g/mol. The number of ether oxygens (including phenoxy) is 2. The number of ketones is 1. The first-order valence-corrected chi connectivity index (χ1v) is 8.03. The maximum atomic E-state index is 12.6. The quantitative estimate of drug-likeness (QED) is 0.350. The Labute approximate surface area is 152 Å². The molecule has 0 atom stereocenters. The number of hydrogen-bond acceptors (Lipinski definition) is 7. The average Bonchev–Trinajstić information content (AvgIpc) is 2.92. The summed E-state index contributed by atoms with van der Waals surface area (Å²) in [4.78, 5) is 48.4. The van der Waals surface area contributed by atoms with Crippen molar-refractivity contribution in [2.24, 2.45) is 0 Å². The summed E-state index contributed by atoms with van der Waals surface area (Å²) in [5.74, 6) is -0.910. The Balaban J connectivity index is 1.58. The Kier molecular flexibility index (Phi) is 3.84. The molecule has 2 aliphatic heterocycles. The van der Waals surface area contributed by atoms with Crippen molar-refractivity contribution in [3.05, 3.63) is 63.2 Å². The standard InChI is InChI=1S/C18H12N2O7/c21-14(10-1-4-15-16(7-10)27-6-5-26-15)9-19-17(22)12-3-2-11(20(24)25)8-13(12)18(19)23/h1-4,7-8H,5-6,9H2. The highest BCUT2D eigenvalue weighted by Crippen LogP contribution is 2.31. The molecule has 0 bridgehead atoms. The number of nitro groups is 1. The third-order valence-electron chi connectivity index (χ3n) is 4.33. The van der Waals surface area contributed by atoms with Gasteiger partial charge in [0.25, 0.3) is 17.5 Å². The van der Waals surface area contributed by atoms with Gasteiger partial charge < -0.3 is 9.47 Å². The number of benzene rings is 2. The summed E-state index contributed by atoms with van der Waals surface area (Å²) in [5.41, 5.74) is -0.0681. The van der Waals surface area contributed by atoms with Crippen molar-refractivity contribution < 1.29 is 28.8 Å². The average molecular weight is 368 g/mol. The molecule has 2 amide bonds. The molecule has 2 aliphatic rings. The Morgan fingerprint density at radius 3 is 2.44 bits per heavy atom. The van der Waals surface area contributed by atoms with Gasteiger partial charge in [-0.25, -0.2) is 0 Å². The van der Waals surface area contributed by atoms with Gasteiger partial charge in [0.1, 0.15) is 13.2 Å². The van der Waals surface area contributed by atoms with Crippen LogP contribution in [0.15, 0.2) is 36.4 Å². The van der Waals surface area contributed by atoms with Gasteiger partial charge in [-0.05, 0) is 24.3 Å². The molecule has 136 valence electrons. The number of carbonyl (C=O) groups excluding carboxylic acids is 3. The number of nitro benzene ring substituents is 1. The zero-order valence-electron chi connectivity index (χ0n) is 13.8. The minimum absolute atomic E-state index is 0.0422. The highest BCUT2D eigenvalue weighted by Gasteiger charge is 2.38. The Morgan fingerprint density at radius 1 is 1.00 bits per heavy atom. The van der Waals surface area contributed by atoms with Crippen molar-refractivity contribution in [1.29, 1.82) is 0 Å². The van der Waals surface area contributed by atoms with Gasteiger partial charge in [-0.3, -0.25) is 29.4 Å². The van der Waals surface area contributed by atoms with E-state index in [0.29, 0.717) is 24.7 Å². The lowest BCUT2D eigenvalue weighted by molar-refractivity contribution is -0.384. The first-order valence-electron chi connectivity index (χ1n) is 8.03. The predicted molar refractivity (Wildman–Crippen MR) is 90.2 cm³/mol. The lowest BCUT2D eigenvalue weighted by atomic mass is 10.1. The third kappa shape index (κ3) is 2.78. The van der Waals surface area contributed by atoms with Crippen LogP contribution in [0.1, 0.15) is 31.1 Å². The number of Topliss-reactive ketones (excluding diaryl/α,β-unsaturated/α-hetero) is 1. The molecule has 0 radical (unpaired) electrons. The maximum absolute atomic E-state index is 12.6. The summed E-state index contributed by atoms with van der Waals surface area (Å²) in [7, 11) is 0. The van der Waals surface area contributed by atoms with Crippen LogP contribution in [-0.4, -0.2) is 47.2 Å². The summed E-state index contributed by atoms with van der Waals surface area (Å²) in [6, 6.07) is 8.04.